The van der Waals surface area contributed by atoms with Crippen molar-refractivity contribution in [1.29, 1.82) is 5.26 Å². The molecule has 3 nitrogen and oxygen atoms in total. The van der Waals surface area contributed by atoms with E-state index in [4.69, 9.17) is 5.26 Å². The highest BCUT2D eigenvalue weighted by molar-refractivity contribution is 7.08. The molecule has 23 heavy (non-hydrogen) atoms. The van der Waals surface area contributed by atoms with Crippen molar-refractivity contribution in [2.24, 2.45) is 0 Å². The molecule has 0 atom stereocenters. The van der Waals surface area contributed by atoms with E-state index in [1.165, 1.54) is 0 Å². The molecule has 1 aromatic heterocycles. The summed E-state index contributed by atoms with van der Waals surface area (Å²) >= 11 is 1.65. The van der Waals surface area contributed by atoms with Crippen molar-refractivity contribution in [2.45, 2.75) is 6.54 Å². The molecule has 0 bridgehead atoms. The molecule has 1 heterocycles. The third kappa shape index (κ3) is 3.47. The fraction of sp³-hybridized carbons (Fsp3) is 0.0526. The number of nitriles is 1. The van der Waals surface area contributed by atoms with E-state index in [0.29, 0.717) is 17.7 Å². The van der Waals surface area contributed by atoms with Crippen LogP contribution in [0.4, 0.5) is 0 Å². The summed E-state index contributed by atoms with van der Waals surface area (Å²) in [4.78, 5) is 12.3. The second-order valence-electron chi connectivity index (χ2n) is 5.04. The zero-order valence-corrected chi connectivity index (χ0v) is 13.1. The maximum Gasteiger partial charge on any atom is 0.251 e. The van der Waals surface area contributed by atoms with E-state index in [0.717, 1.165) is 16.7 Å². The van der Waals surface area contributed by atoms with Gasteiger partial charge in [-0.2, -0.15) is 16.6 Å². The normalized spacial score (nSPS) is 10.0. The summed E-state index contributed by atoms with van der Waals surface area (Å²) in [5.41, 5.74) is 4.33. The van der Waals surface area contributed by atoms with Gasteiger partial charge in [-0.15, -0.1) is 0 Å². The van der Waals surface area contributed by atoms with Crippen LogP contribution in [0, 0.1) is 11.3 Å². The Hall–Kier alpha value is -2.90. The van der Waals surface area contributed by atoms with Crippen LogP contribution in [0.1, 0.15) is 21.5 Å². The number of hydrogen-bond donors (Lipinski definition) is 1. The van der Waals surface area contributed by atoms with Crippen molar-refractivity contribution in [1.82, 2.24) is 5.32 Å². The van der Waals surface area contributed by atoms with Gasteiger partial charge in [-0.1, -0.05) is 30.3 Å². The molecule has 112 valence electrons. The quantitative estimate of drug-likeness (QED) is 0.783. The van der Waals surface area contributed by atoms with E-state index in [-0.39, 0.29) is 5.91 Å². The third-order valence-electron chi connectivity index (χ3n) is 3.54. The number of amides is 1. The van der Waals surface area contributed by atoms with Gasteiger partial charge in [-0.25, -0.2) is 0 Å². The van der Waals surface area contributed by atoms with Gasteiger partial charge >= 0.3 is 0 Å². The molecule has 0 aliphatic rings. The van der Waals surface area contributed by atoms with Crippen molar-refractivity contribution in [3.8, 4) is 17.2 Å². The number of benzene rings is 2. The van der Waals surface area contributed by atoms with Gasteiger partial charge in [0.05, 0.1) is 11.6 Å². The number of nitrogens with zero attached hydrogens (tertiary/aromatic N) is 1. The molecule has 1 N–H and O–H groups in total. The zero-order valence-electron chi connectivity index (χ0n) is 12.3. The van der Waals surface area contributed by atoms with E-state index in [1.54, 1.807) is 35.6 Å². The van der Waals surface area contributed by atoms with Crippen molar-refractivity contribution in [3.63, 3.8) is 0 Å². The Morgan fingerprint density at radius 1 is 1.13 bits per heavy atom. The molecule has 3 aromatic rings. The summed E-state index contributed by atoms with van der Waals surface area (Å²) in [5, 5.41) is 16.0. The molecule has 0 aliphatic carbocycles. The number of thiophene rings is 1. The van der Waals surface area contributed by atoms with Crippen LogP contribution in [0.5, 0.6) is 0 Å². The molecule has 0 unspecified atom stereocenters. The maximum atomic E-state index is 12.3. The molecule has 3 rings (SSSR count). The van der Waals surface area contributed by atoms with Gasteiger partial charge in [-0.3, -0.25) is 4.79 Å². The van der Waals surface area contributed by atoms with Crippen LogP contribution in [0.2, 0.25) is 0 Å². The molecule has 0 fully saturated rings. The van der Waals surface area contributed by atoms with Gasteiger partial charge in [-0.05, 0) is 51.7 Å². The zero-order chi connectivity index (χ0) is 16.1. The Morgan fingerprint density at radius 2 is 2.00 bits per heavy atom. The van der Waals surface area contributed by atoms with Gasteiger partial charge < -0.3 is 5.32 Å². The molecule has 2 aromatic carbocycles. The van der Waals surface area contributed by atoms with Gasteiger partial charge in [0, 0.05) is 12.1 Å². The number of rotatable bonds is 4. The fourth-order valence-electron chi connectivity index (χ4n) is 2.38. The van der Waals surface area contributed by atoms with Crippen LogP contribution in [0.25, 0.3) is 11.1 Å². The minimum absolute atomic E-state index is 0.178. The molecule has 0 saturated carbocycles. The van der Waals surface area contributed by atoms with Crippen LogP contribution < -0.4 is 5.32 Å². The lowest BCUT2D eigenvalue weighted by Gasteiger charge is -2.10. The first-order valence-corrected chi connectivity index (χ1v) is 8.11. The number of carbonyl (C=O) groups excluding carboxylic acids is 1. The third-order valence-corrected chi connectivity index (χ3v) is 4.23. The van der Waals surface area contributed by atoms with Crippen LogP contribution in [-0.4, -0.2) is 5.91 Å². The first kappa shape index (κ1) is 15.0. The van der Waals surface area contributed by atoms with Crippen LogP contribution in [0.3, 0.4) is 0 Å². The Labute approximate surface area is 138 Å². The minimum Gasteiger partial charge on any atom is -0.348 e. The largest absolute Gasteiger partial charge is 0.348 e. The molecule has 0 aliphatic heterocycles. The molecular weight excluding hydrogens is 304 g/mol. The number of carbonyl (C=O) groups is 1. The molecule has 1 amide bonds. The summed E-state index contributed by atoms with van der Waals surface area (Å²) in [6.45, 7) is 0.446. The summed E-state index contributed by atoms with van der Waals surface area (Å²) in [6.07, 6.45) is 0. The van der Waals surface area contributed by atoms with E-state index in [9.17, 15) is 4.79 Å². The van der Waals surface area contributed by atoms with Crippen molar-refractivity contribution in [3.05, 3.63) is 82.0 Å². The van der Waals surface area contributed by atoms with Crippen LogP contribution >= 0.6 is 11.3 Å². The first-order chi connectivity index (χ1) is 11.3. The Kier molecular flexibility index (Phi) is 4.51. The lowest BCUT2D eigenvalue weighted by molar-refractivity contribution is 0.0951. The minimum atomic E-state index is -0.178. The van der Waals surface area contributed by atoms with E-state index in [1.807, 2.05) is 29.6 Å². The highest BCUT2D eigenvalue weighted by atomic mass is 32.1. The topological polar surface area (TPSA) is 52.9 Å². The first-order valence-electron chi connectivity index (χ1n) is 7.17. The summed E-state index contributed by atoms with van der Waals surface area (Å²) in [5.74, 6) is -0.178. The average Bonchev–Trinajstić information content (AvgIpc) is 3.14. The van der Waals surface area contributed by atoms with Gasteiger partial charge in [0.2, 0.25) is 0 Å². The molecule has 0 saturated heterocycles. The lowest BCUT2D eigenvalue weighted by Crippen LogP contribution is -2.23. The standard InChI is InChI=1S/C19H14N2OS/c20-11-14-4-3-6-15(10-14)19(22)21-12-16-5-1-2-7-18(16)17-8-9-23-13-17/h1-10,13H,12H2,(H,21,22). The molecular formula is C19H14N2OS. The summed E-state index contributed by atoms with van der Waals surface area (Å²) in [6, 6.07) is 18.8. The SMILES string of the molecule is N#Cc1cccc(C(=O)NCc2ccccc2-c2ccsc2)c1. The maximum absolute atomic E-state index is 12.3. The van der Waals surface area contributed by atoms with Crippen molar-refractivity contribution < 1.29 is 4.79 Å². The smallest absolute Gasteiger partial charge is 0.251 e. The molecule has 0 radical (unpaired) electrons. The molecule has 4 heteroatoms. The van der Waals surface area contributed by atoms with E-state index >= 15 is 0 Å². The highest BCUT2D eigenvalue weighted by Crippen LogP contribution is 2.25. The highest BCUT2D eigenvalue weighted by Gasteiger charge is 2.09. The average molecular weight is 318 g/mol. The Bertz CT molecular complexity index is 863. The van der Waals surface area contributed by atoms with Crippen LogP contribution in [-0.2, 0) is 6.54 Å². The number of nitrogens with one attached hydrogen (secondary N) is 1. The van der Waals surface area contributed by atoms with Crippen molar-refractivity contribution in [2.75, 3.05) is 0 Å². The van der Waals surface area contributed by atoms with Crippen LogP contribution in [0.15, 0.2) is 65.4 Å². The monoisotopic (exact) mass is 318 g/mol. The van der Waals surface area contributed by atoms with Gasteiger partial charge in [0.1, 0.15) is 0 Å². The predicted octanol–water partition coefficient (Wildman–Crippen LogP) is 4.22. The summed E-state index contributed by atoms with van der Waals surface area (Å²) in [7, 11) is 0. The second-order valence-corrected chi connectivity index (χ2v) is 5.82. The van der Waals surface area contributed by atoms with E-state index in [2.05, 4.69) is 22.8 Å². The predicted molar refractivity (Wildman–Crippen MR) is 92.1 cm³/mol. The second kappa shape index (κ2) is 6.91. The lowest BCUT2D eigenvalue weighted by atomic mass is 10.0. The number of hydrogen-bond acceptors (Lipinski definition) is 3. The van der Waals surface area contributed by atoms with Gasteiger partial charge in [0.15, 0.2) is 0 Å². The fourth-order valence-corrected chi connectivity index (χ4v) is 3.04. The molecule has 0 spiro atoms. The Balaban J connectivity index is 1.76. The summed E-state index contributed by atoms with van der Waals surface area (Å²) < 4.78 is 0. The Morgan fingerprint density at radius 3 is 2.78 bits per heavy atom. The van der Waals surface area contributed by atoms with Crippen molar-refractivity contribution >= 4 is 17.2 Å². The van der Waals surface area contributed by atoms with Gasteiger partial charge in [0.25, 0.3) is 5.91 Å². The van der Waals surface area contributed by atoms with E-state index < -0.39 is 0 Å².